The summed E-state index contributed by atoms with van der Waals surface area (Å²) < 4.78 is 0. The number of hydrogen-bond donors (Lipinski definition) is 2. The summed E-state index contributed by atoms with van der Waals surface area (Å²) in [7, 11) is 0. The van der Waals surface area contributed by atoms with Crippen LogP contribution in [0.1, 0.15) is 58.6 Å². The van der Waals surface area contributed by atoms with Gasteiger partial charge in [-0.05, 0) is 43.6 Å². The monoisotopic (exact) mass is 324 g/mol. The van der Waals surface area contributed by atoms with Crippen LogP contribution in [0.4, 0.5) is 0 Å². The Morgan fingerprint density at radius 2 is 1.64 bits per heavy atom. The maximum atomic E-state index is 11.9. The molecule has 1 spiro atoms. The molecule has 2 saturated heterocycles. The van der Waals surface area contributed by atoms with Crippen LogP contribution in [0.2, 0.25) is 5.02 Å². The number of amides is 1. The molecule has 2 N–H and O–H groups in total. The average molecular weight is 325 g/mol. The summed E-state index contributed by atoms with van der Waals surface area (Å²) in [6.45, 7) is 10.1. The van der Waals surface area contributed by atoms with Gasteiger partial charge in [-0.3, -0.25) is 4.79 Å². The molecule has 0 bridgehead atoms. The Balaban J connectivity index is 0.000000435. The highest BCUT2D eigenvalue weighted by atomic mass is 35.5. The van der Waals surface area contributed by atoms with Crippen molar-refractivity contribution in [2.75, 3.05) is 13.1 Å². The highest BCUT2D eigenvalue weighted by Crippen LogP contribution is 2.48. The van der Waals surface area contributed by atoms with Crippen LogP contribution in [-0.4, -0.2) is 19.0 Å². The van der Waals surface area contributed by atoms with Gasteiger partial charge in [0.1, 0.15) is 0 Å². The minimum atomic E-state index is -0.181. The molecule has 1 amide bonds. The summed E-state index contributed by atoms with van der Waals surface area (Å²) >= 11 is 5.89. The number of rotatable bonds is 1. The van der Waals surface area contributed by atoms with Gasteiger partial charge in [-0.15, -0.1) is 0 Å². The van der Waals surface area contributed by atoms with Gasteiger partial charge in [0.2, 0.25) is 5.91 Å². The highest BCUT2D eigenvalue weighted by molar-refractivity contribution is 6.30. The second-order valence-corrected chi connectivity index (χ2v) is 6.01. The average Bonchev–Trinajstić information content (AvgIpc) is 2.57. The van der Waals surface area contributed by atoms with E-state index in [4.69, 9.17) is 11.6 Å². The molecule has 3 nitrogen and oxygen atoms in total. The second kappa shape index (κ2) is 9.16. The first-order valence-electron chi connectivity index (χ1n) is 8.41. The van der Waals surface area contributed by atoms with Crippen LogP contribution < -0.4 is 10.6 Å². The smallest absolute Gasteiger partial charge is 0.229 e. The molecule has 3 rings (SSSR count). The first-order valence-corrected chi connectivity index (χ1v) is 8.79. The Hall–Kier alpha value is -1.06. The lowest BCUT2D eigenvalue weighted by molar-refractivity contribution is -0.149. The number of hydrogen-bond acceptors (Lipinski definition) is 2. The molecule has 0 aliphatic carbocycles. The Morgan fingerprint density at radius 1 is 1.14 bits per heavy atom. The Bertz CT molecular complexity index is 453. The van der Waals surface area contributed by atoms with Crippen molar-refractivity contribution >= 4 is 17.5 Å². The van der Waals surface area contributed by atoms with E-state index in [1.807, 2.05) is 38.1 Å². The third kappa shape index (κ3) is 4.02. The van der Waals surface area contributed by atoms with Crippen LogP contribution in [0.15, 0.2) is 24.3 Å². The van der Waals surface area contributed by atoms with Crippen molar-refractivity contribution in [1.82, 2.24) is 10.6 Å². The highest BCUT2D eigenvalue weighted by Gasteiger charge is 2.55. The van der Waals surface area contributed by atoms with E-state index in [1.165, 1.54) is 6.42 Å². The lowest BCUT2D eigenvalue weighted by Gasteiger charge is -2.51. The van der Waals surface area contributed by atoms with Gasteiger partial charge >= 0.3 is 0 Å². The van der Waals surface area contributed by atoms with Gasteiger partial charge < -0.3 is 10.6 Å². The molecule has 2 fully saturated rings. The van der Waals surface area contributed by atoms with Crippen molar-refractivity contribution in [3.63, 3.8) is 0 Å². The van der Waals surface area contributed by atoms with Crippen molar-refractivity contribution in [2.45, 2.75) is 53.0 Å². The van der Waals surface area contributed by atoms with E-state index >= 15 is 0 Å². The number of piperidine rings is 1. The lowest BCUT2D eigenvalue weighted by Crippen LogP contribution is -2.64. The largest absolute Gasteiger partial charge is 0.348 e. The first-order chi connectivity index (χ1) is 10.6. The molecular weight excluding hydrogens is 296 g/mol. The standard InChI is InChI=1S/C13H15ClN2O.C3H8.C2H6/c14-10-3-1-9(2-4-10)11-13(12(17)16-11)5-7-15-8-6-13;1-3-2;1-2/h1-4,11,15H,5-8H2,(H,16,17);3H2,1-2H3;1-2H3. The van der Waals surface area contributed by atoms with Crippen molar-refractivity contribution in [3.8, 4) is 0 Å². The third-order valence-corrected chi connectivity index (χ3v) is 4.23. The molecule has 2 aliphatic heterocycles. The van der Waals surface area contributed by atoms with Crippen LogP contribution in [0.3, 0.4) is 0 Å². The van der Waals surface area contributed by atoms with E-state index in [2.05, 4.69) is 24.5 Å². The molecule has 124 valence electrons. The molecule has 0 saturated carbocycles. The maximum Gasteiger partial charge on any atom is 0.229 e. The lowest BCUT2D eigenvalue weighted by atomic mass is 9.64. The molecule has 0 radical (unpaired) electrons. The summed E-state index contributed by atoms with van der Waals surface area (Å²) in [6.07, 6.45) is 3.10. The molecule has 2 heterocycles. The van der Waals surface area contributed by atoms with Gasteiger partial charge in [-0.1, -0.05) is 57.8 Å². The van der Waals surface area contributed by atoms with Crippen molar-refractivity contribution in [2.24, 2.45) is 5.41 Å². The van der Waals surface area contributed by atoms with E-state index in [9.17, 15) is 4.79 Å². The molecule has 0 aromatic heterocycles. The van der Waals surface area contributed by atoms with Gasteiger partial charge in [0.05, 0.1) is 11.5 Å². The number of halogens is 1. The van der Waals surface area contributed by atoms with E-state index in [0.29, 0.717) is 0 Å². The number of benzene rings is 1. The van der Waals surface area contributed by atoms with Crippen molar-refractivity contribution < 1.29 is 4.79 Å². The minimum Gasteiger partial charge on any atom is -0.348 e. The maximum absolute atomic E-state index is 11.9. The van der Waals surface area contributed by atoms with Crippen LogP contribution in [-0.2, 0) is 4.79 Å². The topological polar surface area (TPSA) is 41.1 Å². The Kier molecular flexibility index (Phi) is 7.91. The molecule has 1 aromatic rings. The first kappa shape index (κ1) is 19.0. The van der Waals surface area contributed by atoms with Gasteiger partial charge in [0.15, 0.2) is 0 Å². The molecule has 1 unspecified atom stereocenters. The van der Waals surface area contributed by atoms with Gasteiger partial charge in [-0.25, -0.2) is 0 Å². The fourth-order valence-electron chi connectivity index (χ4n) is 2.91. The predicted octanol–water partition coefficient (Wildman–Crippen LogP) is 4.32. The molecule has 1 aromatic carbocycles. The predicted molar refractivity (Wildman–Crippen MR) is 94.2 cm³/mol. The number of nitrogens with one attached hydrogen (secondary N) is 2. The van der Waals surface area contributed by atoms with E-state index < -0.39 is 0 Å². The summed E-state index contributed by atoms with van der Waals surface area (Å²) in [5, 5.41) is 7.07. The summed E-state index contributed by atoms with van der Waals surface area (Å²) in [5.41, 5.74) is 0.981. The van der Waals surface area contributed by atoms with Crippen LogP contribution >= 0.6 is 11.6 Å². The summed E-state index contributed by atoms with van der Waals surface area (Å²) in [4.78, 5) is 11.9. The SMILES string of the molecule is CC.CCC.O=C1NC(c2ccc(Cl)cc2)C12CCNCC2. The summed E-state index contributed by atoms with van der Waals surface area (Å²) in [5.74, 6) is 0.207. The quantitative estimate of drug-likeness (QED) is 0.755. The van der Waals surface area contributed by atoms with Crippen LogP contribution in [0, 0.1) is 5.41 Å². The summed E-state index contributed by atoms with van der Waals surface area (Å²) in [6, 6.07) is 7.95. The van der Waals surface area contributed by atoms with Crippen LogP contribution in [0.25, 0.3) is 0 Å². The molecule has 22 heavy (non-hydrogen) atoms. The molecule has 4 heteroatoms. The van der Waals surface area contributed by atoms with Crippen molar-refractivity contribution in [3.05, 3.63) is 34.9 Å². The minimum absolute atomic E-state index is 0.161. The van der Waals surface area contributed by atoms with E-state index in [-0.39, 0.29) is 17.4 Å². The number of carbonyl (C=O) groups excluding carboxylic acids is 1. The number of carbonyl (C=O) groups is 1. The normalized spacial score (nSPS) is 21.5. The zero-order valence-electron chi connectivity index (χ0n) is 14.2. The van der Waals surface area contributed by atoms with Crippen LogP contribution in [0.5, 0.6) is 0 Å². The Morgan fingerprint density at radius 3 is 2.09 bits per heavy atom. The molecular formula is C18H29ClN2O. The third-order valence-electron chi connectivity index (χ3n) is 3.98. The molecule has 2 aliphatic rings. The second-order valence-electron chi connectivity index (χ2n) is 5.57. The zero-order valence-corrected chi connectivity index (χ0v) is 15.0. The van der Waals surface area contributed by atoms with E-state index in [0.717, 1.165) is 36.5 Å². The molecule has 1 atom stereocenters. The number of β-lactam (4-membered cyclic amide) rings is 1. The Labute approximate surface area is 139 Å². The fourth-order valence-corrected chi connectivity index (χ4v) is 3.04. The van der Waals surface area contributed by atoms with E-state index in [1.54, 1.807) is 0 Å². The zero-order chi connectivity index (χ0) is 16.6. The van der Waals surface area contributed by atoms with Gasteiger partial charge in [0.25, 0.3) is 0 Å². The van der Waals surface area contributed by atoms with Gasteiger partial charge in [0, 0.05) is 5.02 Å². The van der Waals surface area contributed by atoms with Gasteiger partial charge in [-0.2, -0.15) is 0 Å². The van der Waals surface area contributed by atoms with Crippen molar-refractivity contribution in [1.29, 1.82) is 0 Å². The fraction of sp³-hybridized carbons (Fsp3) is 0.611.